The van der Waals surface area contributed by atoms with Gasteiger partial charge in [-0.25, -0.2) is 0 Å². The molecule has 0 aliphatic rings. The molecule has 1 heterocycles. The van der Waals surface area contributed by atoms with Crippen molar-refractivity contribution in [2.45, 2.75) is 24.6 Å². The topological polar surface area (TPSA) is 110 Å². The normalized spacial score (nSPS) is 10.4. The standard InChI is InChI=1S/C14H17N5O3S2/c1-3-6-15-13-17-18-14(24-13)23-8-12(20)16-10-5-4-9(2)7-11(10)19(21)22/h4-5,7H,3,6,8H2,1-2H3,(H,15,17)(H,16,20). The van der Waals surface area contributed by atoms with E-state index in [0.717, 1.165) is 18.5 Å². The predicted molar refractivity (Wildman–Crippen MR) is 95.9 cm³/mol. The number of amides is 1. The molecule has 0 bridgehead atoms. The van der Waals surface area contributed by atoms with E-state index in [9.17, 15) is 14.9 Å². The summed E-state index contributed by atoms with van der Waals surface area (Å²) in [5.41, 5.74) is 0.837. The Balaban J connectivity index is 1.92. The molecule has 2 rings (SSSR count). The van der Waals surface area contributed by atoms with Crippen molar-refractivity contribution in [2.24, 2.45) is 0 Å². The van der Waals surface area contributed by atoms with Crippen molar-refractivity contribution in [3.05, 3.63) is 33.9 Å². The van der Waals surface area contributed by atoms with Crippen LogP contribution in [0.25, 0.3) is 0 Å². The fourth-order valence-corrected chi connectivity index (χ4v) is 3.36. The minimum atomic E-state index is -0.508. The highest BCUT2D eigenvalue weighted by atomic mass is 32.2. The van der Waals surface area contributed by atoms with E-state index in [-0.39, 0.29) is 23.0 Å². The average Bonchev–Trinajstić information content (AvgIpc) is 3.00. The van der Waals surface area contributed by atoms with Crippen molar-refractivity contribution in [1.82, 2.24) is 10.2 Å². The summed E-state index contributed by atoms with van der Waals surface area (Å²) in [4.78, 5) is 22.6. The molecule has 1 aromatic heterocycles. The number of nitrogens with one attached hydrogen (secondary N) is 2. The molecule has 0 spiro atoms. The molecule has 0 aliphatic carbocycles. The van der Waals surface area contributed by atoms with Gasteiger partial charge in [0.2, 0.25) is 11.0 Å². The third-order valence-electron chi connectivity index (χ3n) is 2.88. The number of aromatic nitrogens is 2. The first kappa shape index (κ1) is 18.1. The summed E-state index contributed by atoms with van der Waals surface area (Å²) in [6.07, 6.45) is 0.986. The molecular formula is C14H17N5O3S2. The first-order chi connectivity index (χ1) is 11.5. The molecule has 1 aromatic carbocycles. The second-order valence-corrected chi connectivity index (χ2v) is 7.11. The Bertz CT molecular complexity index is 735. The summed E-state index contributed by atoms with van der Waals surface area (Å²) in [6.45, 7) is 4.63. The largest absolute Gasteiger partial charge is 0.360 e. The van der Waals surface area contributed by atoms with Crippen LogP contribution in [0.4, 0.5) is 16.5 Å². The van der Waals surface area contributed by atoms with Gasteiger partial charge in [-0.3, -0.25) is 14.9 Å². The van der Waals surface area contributed by atoms with Crippen LogP contribution in [0.1, 0.15) is 18.9 Å². The van der Waals surface area contributed by atoms with Gasteiger partial charge >= 0.3 is 0 Å². The number of nitrogens with zero attached hydrogens (tertiary/aromatic N) is 3. The monoisotopic (exact) mass is 367 g/mol. The van der Waals surface area contributed by atoms with Crippen LogP contribution in [0.3, 0.4) is 0 Å². The lowest BCUT2D eigenvalue weighted by Gasteiger charge is -2.05. The second-order valence-electron chi connectivity index (χ2n) is 4.91. The van der Waals surface area contributed by atoms with Crippen LogP contribution in [0.15, 0.2) is 22.5 Å². The van der Waals surface area contributed by atoms with Crippen molar-refractivity contribution in [3.8, 4) is 0 Å². The molecular weight excluding hydrogens is 350 g/mol. The predicted octanol–water partition coefficient (Wildman–Crippen LogP) is 3.31. The molecule has 0 fully saturated rings. The number of rotatable bonds is 8. The van der Waals surface area contributed by atoms with Gasteiger partial charge in [-0.15, -0.1) is 10.2 Å². The number of thioether (sulfide) groups is 1. The summed E-state index contributed by atoms with van der Waals surface area (Å²) in [7, 11) is 0. The molecule has 128 valence electrons. The number of nitro groups is 1. The maximum atomic E-state index is 12.0. The number of hydrogen-bond donors (Lipinski definition) is 2. The van der Waals surface area contributed by atoms with E-state index in [0.29, 0.717) is 9.47 Å². The Labute approximate surface area is 147 Å². The fourth-order valence-electron chi connectivity index (χ4n) is 1.78. The average molecular weight is 367 g/mol. The van der Waals surface area contributed by atoms with E-state index in [1.807, 2.05) is 0 Å². The summed E-state index contributed by atoms with van der Waals surface area (Å²) >= 11 is 2.61. The lowest BCUT2D eigenvalue weighted by atomic mass is 10.2. The van der Waals surface area contributed by atoms with Crippen LogP contribution in [-0.4, -0.2) is 33.3 Å². The third kappa shape index (κ3) is 5.17. The van der Waals surface area contributed by atoms with Gasteiger partial charge in [-0.1, -0.05) is 36.1 Å². The van der Waals surface area contributed by atoms with Gasteiger partial charge in [-0.2, -0.15) is 0 Å². The van der Waals surface area contributed by atoms with Gasteiger partial charge < -0.3 is 10.6 Å². The molecule has 0 unspecified atom stereocenters. The minimum Gasteiger partial charge on any atom is -0.360 e. The molecule has 0 atom stereocenters. The van der Waals surface area contributed by atoms with Crippen LogP contribution < -0.4 is 10.6 Å². The zero-order valence-corrected chi connectivity index (χ0v) is 14.9. The van der Waals surface area contributed by atoms with Crippen molar-refractivity contribution < 1.29 is 9.72 Å². The summed E-state index contributed by atoms with van der Waals surface area (Å²) in [5.74, 6) is -0.224. The number of nitro benzene ring substituents is 1. The third-order valence-corrected chi connectivity index (χ3v) is 4.90. The highest BCUT2D eigenvalue weighted by Gasteiger charge is 2.16. The Morgan fingerprint density at radius 1 is 1.42 bits per heavy atom. The molecule has 0 radical (unpaired) electrons. The Morgan fingerprint density at radius 3 is 2.92 bits per heavy atom. The lowest BCUT2D eigenvalue weighted by molar-refractivity contribution is -0.384. The number of hydrogen-bond acceptors (Lipinski definition) is 8. The van der Waals surface area contributed by atoms with E-state index in [1.54, 1.807) is 13.0 Å². The number of carbonyl (C=O) groups is 1. The van der Waals surface area contributed by atoms with E-state index < -0.39 is 4.92 Å². The summed E-state index contributed by atoms with van der Waals surface area (Å²) in [6, 6.07) is 4.68. The zero-order chi connectivity index (χ0) is 17.5. The first-order valence-electron chi connectivity index (χ1n) is 7.24. The minimum absolute atomic E-state index is 0.105. The van der Waals surface area contributed by atoms with E-state index in [4.69, 9.17) is 0 Å². The maximum Gasteiger partial charge on any atom is 0.293 e. The van der Waals surface area contributed by atoms with Crippen LogP contribution in [0.2, 0.25) is 0 Å². The first-order valence-corrected chi connectivity index (χ1v) is 9.05. The van der Waals surface area contributed by atoms with Crippen LogP contribution in [0, 0.1) is 17.0 Å². The number of anilines is 2. The van der Waals surface area contributed by atoms with Gasteiger partial charge in [-0.05, 0) is 25.0 Å². The Morgan fingerprint density at radius 2 is 2.21 bits per heavy atom. The van der Waals surface area contributed by atoms with Crippen molar-refractivity contribution >= 4 is 45.5 Å². The SMILES string of the molecule is CCCNc1nnc(SCC(=O)Nc2ccc(C)cc2[N+](=O)[O-])s1. The number of carbonyl (C=O) groups excluding carboxylic acids is 1. The van der Waals surface area contributed by atoms with Gasteiger partial charge in [0.1, 0.15) is 5.69 Å². The second kappa shape index (κ2) is 8.60. The molecule has 2 aromatic rings. The fraction of sp³-hybridized carbons (Fsp3) is 0.357. The van der Waals surface area contributed by atoms with Gasteiger partial charge in [0, 0.05) is 12.6 Å². The molecule has 24 heavy (non-hydrogen) atoms. The van der Waals surface area contributed by atoms with Crippen LogP contribution in [0.5, 0.6) is 0 Å². The van der Waals surface area contributed by atoms with Crippen molar-refractivity contribution in [3.63, 3.8) is 0 Å². The van der Waals surface area contributed by atoms with Crippen LogP contribution in [-0.2, 0) is 4.79 Å². The van der Waals surface area contributed by atoms with Gasteiger partial charge in [0.25, 0.3) is 5.69 Å². The molecule has 1 amide bonds. The summed E-state index contributed by atoms with van der Waals surface area (Å²) < 4.78 is 0.669. The lowest BCUT2D eigenvalue weighted by Crippen LogP contribution is -2.15. The Hall–Kier alpha value is -2.20. The molecule has 0 saturated carbocycles. The number of benzene rings is 1. The van der Waals surface area contributed by atoms with Crippen molar-refractivity contribution in [1.29, 1.82) is 0 Å². The molecule has 0 saturated heterocycles. The number of aryl methyl sites for hydroxylation is 1. The van der Waals surface area contributed by atoms with E-state index >= 15 is 0 Å². The molecule has 8 nitrogen and oxygen atoms in total. The highest BCUT2D eigenvalue weighted by molar-refractivity contribution is 8.01. The quantitative estimate of drug-likeness (QED) is 0.418. The Kier molecular flexibility index (Phi) is 6.50. The van der Waals surface area contributed by atoms with E-state index in [1.165, 1.54) is 35.2 Å². The maximum absolute atomic E-state index is 12.0. The smallest absolute Gasteiger partial charge is 0.293 e. The molecule has 0 aliphatic heterocycles. The highest BCUT2D eigenvalue weighted by Crippen LogP contribution is 2.27. The molecule has 10 heteroatoms. The van der Waals surface area contributed by atoms with Gasteiger partial charge in [0.15, 0.2) is 4.34 Å². The summed E-state index contributed by atoms with van der Waals surface area (Å²) in [5, 5.41) is 25.4. The van der Waals surface area contributed by atoms with Crippen LogP contribution >= 0.6 is 23.1 Å². The van der Waals surface area contributed by atoms with E-state index in [2.05, 4.69) is 27.8 Å². The molecule has 2 N–H and O–H groups in total. The van der Waals surface area contributed by atoms with Gasteiger partial charge in [0.05, 0.1) is 10.7 Å². The van der Waals surface area contributed by atoms with Crippen molar-refractivity contribution in [2.75, 3.05) is 22.9 Å². The zero-order valence-electron chi connectivity index (χ0n) is 13.2.